The van der Waals surface area contributed by atoms with Crippen molar-refractivity contribution in [2.75, 3.05) is 5.32 Å². The summed E-state index contributed by atoms with van der Waals surface area (Å²) in [6.45, 7) is 11.1. The Morgan fingerprint density at radius 2 is 1.80 bits per heavy atom. The summed E-state index contributed by atoms with van der Waals surface area (Å²) in [6, 6.07) is 7.12. The molecular formula is C14H23N. The van der Waals surface area contributed by atoms with Gasteiger partial charge in [-0.2, -0.15) is 0 Å². The van der Waals surface area contributed by atoms with Gasteiger partial charge in [-0.3, -0.25) is 0 Å². The molecule has 1 nitrogen and oxygen atoms in total. The van der Waals surface area contributed by atoms with Crippen molar-refractivity contribution in [2.45, 2.75) is 47.1 Å². The summed E-state index contributed by atoms with van der Waals surface area (Å²) in [5.41, 5.74) is 3.96. The molecule has 1 aromatic rings. The topological polar surface area (TPSA) is 12.0 Å². The van der Waals surface area contributed by atoms with Gasteiger partial charge in [0.1, 0.15) is 0 Å². The van der Waals surface area contributed by atoms with E-state index in [2.05, 4.69) is 58.1 Å². The molecule has 0 aliphatic rings. The minimum Gasteiger partial charge on any atom is -0.382 e. The van der Waals surface area contributed by atoms with Crippen molar-refractivity contribution in [3.8, 4) is 0 Å². The van der Waals surface area contributed by atoms with Crippen molar-refractivity contribution in [2.24, 2.45) is 5.92 Å². The largest absolute Gasteiger partial charge is 0.382 e. The van der Waals surface area contributed by atoms with Crippen molar-refractivity contribution >= 4 is 5.69 Å². The lowest BCUT2D eigenvalue weighted by molar-refractivity contribution is 0.494. The van der Waals surface area contributed by atoms with Crippen molar-refractivity contribution < 1.29 is 0 Å². The summed E-state index contributed by atoms with van der Waals surface area (Å²) < 4.78 is 0. The number of anilines is 1. The summed E-state index contributed by atoms with van der Waals surface area (Å²) in [6.07, 6.45) is 1.22. The van der Waals surface area contributed by atoms with Gasteiger partial charge in [0.25, 0.3) is 0 Å². The highest BCUT2D eigenvalue weighted by Crippen LogP contribution is 2.18. The molecule has 0 heterocycles. The molecule has 0 aromatic heterocycles. The molecular weight excluding hydrogens is 182 g/mol. The summed E-state index contributed by atoms with van der Waals surface area (Å²) in [4.78, 5) is 0. The lowest BCUT2D eigenvalue weighted by Gasteiger charge is -2.21. The minimum atomic E-state index is 0.539. The van der Waals surface area contributed by atoms with Crippen molar-refractivity contribution in [1.29, 1.82) is 0 Å². The molecule has 0 radical (unpaired) electrons. The molecule has 2 atom stereocenters. The predicted molar refractivity (Wildman–Crippen MR) is 68.5 cm³/mol. The molecule has 84 valence electrons. The molecule has 0 aliphatic carbocycles. The van der Waals surface area contributed by atoms with E-state index in [1.807, 2.05) is 0 Å². The van der Waals surface area contributed by atoms with Gasteiger partial charge in [0.15, 0.2) is 0 Å². The number of rotatable bonds is 4. The van der Waals surface area contributed by atoms with E-state index in [9.17, 15) is 0 Å². The Morgan fingerprint density at radius 3 is 2.33 bits per heavy atom. The van der Waals surface area contributed by atoms with E-state index < -0.39 is 0 Å². The van der Waals surface area contributed by atoms with Gasteiger partial charge in [-0.25, -0.2) is 0 Å². The van der Waals surface area contributed by atoms with Gasteiger partial charge in [-0.15, -0.1) is 0 Å². The number of nitrogens with one attached hydrogen (secondary N) is 1. The third-order valence-corrected chi connectivity index (χ3v) is 3.40. The fraction of sp³-hybridized carbons (Fsp3) is 0.571. The van der Waals surface area contributed by atoms with Crippen LogP contribution in [0, 0.1) is 19.8 Å². The Labute approximate surface area is 93.9 Å². The van der Waals surface area contributed by atoms with Crippen LogP contribution in [0.2, 0.25) is 0 Å². The zero-order chi connectivity index (χ0) is 11.4. The van der Waals surface area contributed by atoms with Gasteiger partial charge in [-0.1, -0.05) is 26.3 Å². The van der Waals surface area contributed by atoms with Crippen LogP contribution >= 0.6 is 0 Å². The maximum Gasteiger partial charge on any atom is 0.0345 e. The minimum absolute atomic E-state index is 0.539. The highest BCUT2D eigenvalue weighted by Gasteiger charge is 2.09. The summed E-state index contributed by atoms with van der Waals surface area (Å²) in [5.74, 6) is 0.714. The van der Waals surface area contributed by atoms with Crippen LogP contribution in [0.25, 0.3) is 0 Å². The lowest BCUT2D eigenvalue weighted by Crippen LogP contribution is -2.23. The maximum absolute atomic E-state index is 3.56. The molecule has 0 saturated heterocycles. The Kier molecular flexibility index (Phi) is 4.19. The maximum atomic E-state index is 3.56. The SMILES string of the molecule is CCC(C)C(C)Nc1ccc(C)c(C)c1. The van der Waals surface area contributed by atoms with E-state index in [1.54, 1.807) is 0 Å². The van der Waals surface area contributed by atoms with Crippen LogP contribution in [0.5, 0.6) is 0 Å². The molecule has 0 amide bonds. The zero-order valence-electron chi connectivity index (χ0n) is 10.6. The predicted octanol–water partition coefficient (Wildman–Crippen LogP) is 4.15. The van der Waals surface area contributed by atoms with E-state index in [-0.39, 0.29) is 0 Å². The van der Waals surface area contributed by atoms with Gasteiger partial charge in [-0.05, 0) is 49.9 Å². The fourth-order valence-electron chi connectivity index (χ4n) is 1.59. The van der Waals surface area contributed by atoms with Gasteiger partial charge >= 0.3 is 0 Å². The van der Waals surface area contributed by atoms with Crippen LogP contribution in [0.4, 0.5) is 5.69 Å². The van der Waals surface area contributed by atoms with Gasteiger partial charge in [0.05, 0.1) is 0 Å². The zero-order valence-corrected chi connectivity index (χ0v) is 10.6. The summed E-state index contributed by atoms with van der Waals surface area (Å²) in [7, 11) is 0. The van der Waals surface area contributed by atoms with Crippen LogP contribution < -0.4 is 5.32 Å². The Hall–Kier alpha value is -0.980. The summed E-state index contributed by atoms with van der Waals surface area (Å²) in [5, 5.41) is 3.56. The molecule has 1 heteroatoms. The number of benzene rings is 1. The fourth-order valence-corrected chi connectivity index (χ4v) is 1.59. The number of aryl methyl sites for hydroxylation is 2. The molecule has 0 aliphatic heterocycles. The van der Waals surface area contributed by atoms with E-state index >= 15 is 0 Å². The van der Waals surface area contributed by atoms with E-state index in [0.29, 0.717) is 12.0 Å². The molecule has 0 fully saturated rings. The molecule has 1 rings (SSSR count). The Balaban J connectivity index is 2.68. The molecule has 0 spiro atoms. The van der Waals surface area contributed by atoms with Gasteiger partial charge < -0.3 is 5.32 Å². The second kappa shape index (κ2) is 5.20. The van der Waals surface area contributed by atoms with Crippen LogP contribution in [-0.4, -0.2) is 6.04 Å². The average molecular weight is 205 g/mol. The quantitative estimate of drug-likeness (QED) is 0.778. The van der Waals surface area contributed by atoms with E-state index in [0.717, 1.165) is 0 Å². The van der Waals surface area contributed by atoms with Gasteiger partial charge in [0.2, 0.25) is 0 Å². The highest BCUT2D eigenvalue weighted by atomic mass is 14.9. The van der Waals surface area contributed by atoms with E-state index in [4.69, 9.17) is 0 Å². The molecule has 1 N–H and O–H groups in total. The summed E-state index contributed by atoms with van der Waals surface area (Å²) >= 11 is 0. The molecule has 15 heavy (non-hydrogen) atoms. The average Bonchev–Trinajstić information content (AvgIpc) is 2.22. The van der Waals surface area contributed by atoms with Crippen molar-refractivity contribution in [1.82, 2.24) is 0 Å². The molecule has 0 bridgehead atoms. The molecule has 1 aromatic carbocycles. The van der Waals surface area contributed by atoms with Crippen LogP contribution in [0.1, 0.15) is 38.3 Å². The van der Waals surface area contributed by atoms with Gasteiger partial charge in [0, 0.05) is 11.7 Å². The third-order valence-electron chi connectivity index (χ3n) is 3.40. The van der Waals surface area contributed by atoms with E-state index in [1.165, 1.54) is 23.2 Å². The van der Waals surface area contributed by atoms with Crippen LogP contribution in [0.15, 0.2) is 18.2 Å². The Bertz CT molecular complexity index is 317. The normalized spacial score (nSPS) is 14.7. The molecule has 2 unspecified atom stereocenters. The number of hydrogen-bond donors (Lipinski definition) is 1. The Morgan fingerprint density at radius 1 is 1.13 bits per heavy atom. The monoisotopic (exact) mass is 205 g/mol. The number of hydrogen-bond acceptors (Lipinski definition) is 1. The second-order valence-corrected chi connectivity index (χ2v) is 4.62. The smallest absolute Gasteiger partial charge is 0.0345 e. The standard InChI is InChI=1S/C14H23N/c1-6-10(2)13(5)15-14-8-7-11(3)12(4)9-14/h7-10,13,15H,6H2,1-5H3. The molecule has 0 saturated carbocycles. The third kappa shape index (κ3) is 3.26. The first-order valence-electron chi connectivity index (χ1n) is 5.88. The highest BCUT2D eigenvalue weighted by molar-refractivity contribution is 5.48. The van der Waals surface area contributed by atoms with Crippen LogP contribution in [0.3, 0.4) is 0 Å². The first kappa shape index (κ1) is 12.1. The first-order valence-corrected chi connectivity index (χ1v) is 5.88. The van der Waals surface area contributed by atoms with Crippen molar-refractivity contribution in [3.63, 3.8) is 0 Å². The second-order valence-electron chi connectivity index (χ2n) is 4.62. The lowest BCUT2D eigenvalue weighted by atomic mass is 10.0. The van der Waals surface area contributed by atoms with Crippen molar-refractivity contribution in [3.05, 3.63) is 29.3 Å². The first-order chi connectivity index (χ1) is 7.04. The van der Waals surface area contributed by atoms with Crippen LogP contribution in [-0.2, 0) is 0 Å².